The molecule has 3 aromatic carbocycles. The first kappa shape index (κ1) is 27.2. The van der Waals surface area contributed by atoms with E-state index in [4.69, 9.17) is 24.7 Å². The van der Waals surface area contributed by atoms with Gasteiger partial charge in [0.05, 0.1) is 16.7 Å². The minimum absolute atomic E-state index is 0.208. The van der Waals surface area contributed by atoms with Crippen molar-refractivity contribution in [1.29, 1.82) is 0 Å². The zero-order valence-corrected chi connectivity index (χ0v) is 21.4. The molecule has 208 valence electrons. The maximum Gasteiger partial charge on any atom is 0.354 e. The quantitative estimate of drug-likeness (QED) is 0.251. The molecule has 12 nitrogen and oxygen atoms in total. The summed E-state index contributed by atoms with van der Waals surface area (Å²) in [6, 6.07) is 24.5. The van der Waals surface area contributed by atoms with Crippen LogP contribution in [0.2, 0.25) is 0 Å². The van der Waals surface area contributed by atoms with Crippen LogP contribution >= 0.6 is 0 Å². The number of nitrogens with two attached hydrogens (primary N) is 1. The van der Waals surface area contributed by atoms with Crippen LogP contribution in [0.15, 0.2) is 102 Å². The molecule has 41 heavy (non-hydrogen) atoms. The van der Waals surface area contributed by atoms with E-state index in [0.29, 0.717) is 0 Å². The van der Waals surface area contributed by atoms with Crippen LogP contribution in [0.3, 0.4) is 0 Å². The van der Waals surface area contributed by atoms with Crippen molar-refractivity contribution in [2.45, 2.75) is 24.5 Å². The van der Waals surface area contributed by atoms with Crippen molar-refractivity contribution in [3.8, 4) is 0 Å². The fourth-order valence-corrected chi connectivity index (χ4v) is 4.21. The highest BCUT2D eigenvalue weighted by Crippen LogP contribution is 2.34. The van der Waals surface area contributed by atoms with Crippen molar-refractivity contribution in [3.05, 3.63) is 124 Å². The summed E-state index contributed by atoms with van der Waals surface area (Å²) in [6.07, 6.45) is -4.12. The molecule has 5 rings (SSSR count). The number of carbonyl (C=O) groups excluding carboxylic acids is 3. The number of hydrogen-bond donors (Lipinski definition) is 1. The Hall–Kier alpha value is -5.36. The van der Waals surface area contributed by atoms with Gasteiger partial charge in [0.1, 0.15) is 19.0 Å². The van der Waals surface area contributed by atoms with Gasteiger partial charge in [-0.3, -0.25) is 4.57 Å². The first-order valence-electron chi connectivity index (χ1n) is 12.5. The minimum Gasteiger partial charge on any atom is -0.459 e. The largest absolute Gasteiger partial charge is 0.459 e. The molecule has 0 amide bonds. The van der Waals surface area contributed by atoms with Crippen LogP contribution in [0, 0.1) is 0 Å². The van der Waals surface area contributed by atoms with Gasteiger partial charge >= 0.3 is 23.6 Å². The molecule has 0 aliphatic carbocycles. The molecule has 2 heterocycles. The summed E-state index contributed by atoms with van der Waals surface area (Å²) in [6.45, 7) is -0.402. The Bertz CT molecular complexity index is 1580. The van der Waals surface area contributed by atoms with Gasteiger partial charge in [-0.1, -0.05) is 54.6 Å². The Kier molecular flexibility index (Phi) is 8.11. The Morgan fingerprint density at radius 1 is 0.756 bits per heavy atom. The van der Waals surface area contributed by atoms with Crippen LogP contribution in [-0.2, 0) is 18.9 Å². The van der Waals surface area contributed by atoms with Crippen molar-refractivity contribution in [2.24, 2.45) is 0 Å². The van der Waals surface area contributed by atoms with Crippen LogP contribution in [0.5, 0.6) is 0 Å². The van der Waals surface area contributed by atoms with E-state index in [2.05, 4.69) is 9.97 Å². The molecule has 4 atom stereocenters. The normalized spacial score (nSPS) is 19.7. The Morgan fingerprint density at radius 3 is 1.76 bits per heavy atom. The van der Waals surface area contributed by atoms with E-state index in [1.165, 1.54) is 12.1 Å². The molecule has 1 unspecified atom stereocenters. The maximum atomic E-state index is 13.1. The summed E-state index contributed by atoms with van der Waals surface area (Å²) in [5, 5.41) is 0. The SMILES string of the molecule is Nc1ncn([C@H]2O[C@@H](COC(=O)c3ccccc3)C(OC(=O)c3ccccc3)[C@@H]2OC(=O)c2ccccc2)c(=O)n1. The van der Waals surface area contributed by atoms with Crippen LogP contribution < -0.4 is 11.4 Å². The first-order chi connectivity index (χ1) is 19.9. The number of nitrogens with zero attached hydrogens (tertiary/aromatic N) is 3. The number of hydrogen-bond acceptors (Lipinski definition) is 11. The number of esters is 3. The van der Waals surface area contributed by atoms with E-state index in [0.717, 1.165) is 10.9 Å². The number of carbonyl (C=O) groups is 3. The van der Waals surface area contributed by atoms with Gasteiger partial charge in [-0.15, -0.1) is 0 Å². The summed E-state index contributed by atoms with van der Waals surface area (Å²) >= 11 is 0. The highest BCUT2D eigenvalue weighted by atomic mass is 16.7. The molecular weight excluding hydrogens is 532 g/mol. The highest BCUT2D eigenvalue weighted by Gasteiger charge is 2.51. The van der Waals surface area contributed by atoms with Crippen molar-refractivity contribution in [2.75, 3.05) is 12.3 Å². The molecule has 1 aliphatic heterocycles. The molecule has 1 saturated heterocycles. The summed E-state index contributed by atoms with van der Waals surface area (Å²) in [5.41, 5.74) is 5.42. The molecule has 1 fully saturated rings. The molecule has 0 bridgehead atoms. The molecule has 0 radical (unpaired) electrons. The number of rotatable bonds is 8. The Morgan fingerprint density at radius 2 is 1.24 bits per heavy atom. The molecule has 1 aromatic heterocycles. The summed E-state index contributed by atoms with van der Waals surface area (Å²) in [5.74, 6) is -2.45. The van der Waals surface area contributed by atoms with E-state index >= 15 is 0 Å². The third-order valence-corrected chi connectivity index (χ3v) is 6.20. The zero-order chi connectivity index (χ0) is 28.8. The second-order valence-corrected chi connectivity index (χ2v) is 8.91. The maximum absolute atomic E-state index is 13.1. The predicted molar refractivity (Wildman–Crippen MR) is 143 cm³/mol. The van der Waals surface area contributed by atoms with Gasteiger partial charge < -0.3 is 24.7 Å². The number of anilines is 1. The van der Waals surface area contributed by atoms with Crippen molar-refractivity contribution < 1.29 is 33.3 Å². The van der Waals surface area contributed by atoms with Crippen molar-refractivity contribution in [1.82, 2.24) is 14.5 Å². The summed E-state index contributed by atoms with van der Waals surface area (Å²) < 4.78 is 24.1. The van der Waals surface area contributed by atoms with E-state index < -0.39 is 54.7 Å². The van der Waals surface area contributed by atoms with Gasteiger partial charge in [-0.25, -0.2) is 24.2 Å². The molecule has 0 spiro atoms. The van der Waals surface area contributed by atoms with Gasteiger partial charge in [0.25, 0.3) is 0 Å². The Labute approximate surface area is 233 Å². The van der Waals surface area contributed by atoms with E-state index in [-0.39, 0.29) is 22.6 Å². The standard InChI is InChI=1S/C29H24N4O8/c30-28-31-17-33(29(37)32-28)24-23(41-27(36)20-14-8-3-9-15-20)22(40-26(35)19-12-6-2-7-13-19)21(39-24)16-38-25(34)18-10-4-1-5-11-18/h1-15,17,21-24H,16H2,(H2,30,32,37)/t21-,22?,23-,24-/m0/s1. The average Bonchev–Trinajstić information content (AvgIpc) is 3.33. The monoisotopic (exact) mass is 556 g/mol. The van der Waals surface area contributed by atoms with E-state index in [1.807, 2.05) is 0 Å². The molecule has 1 aliphatic rings. The predicted octanol–water partition coefficient (Wildman–Crippen LogP) is 2.43. The van der Waals surface area contributed by atoms with E-state index in [9.17, 15) is 19.2 Å². The third kappa shape index (κ3) is 6.28. The summed E-state index contributed by atoms with van der Waals surface area (Å²) in [7, 11) is 0. The smallest absolute Gasteiger partial charge is 0.354 e. The first-order valence-corrected chi connectivity index (χ1v) is 12.5. The number of benzene rings is 3. The van der Waals surface area contributed by atoms with Crippen LogP contribution in [-0.4, -0.2) is 57.4 Å². The van der Waals surface area contributed by atoms with Crippen LogP contribution in [0.1, 0.15) is 37.3 Å². The average molecular weight is 557 g/mol. The molecule has 2 N–H and O–H groups in total. The van der Waals surface area contributed by atoms with Gasteiger partial charge in [0.15, 0.2) is 18.4 Å². The van der Waals surface area contributed by atoms with E-state index in [1.54, 1.807) is 78.9 Å². The highest BCUT2D eigenvalue weighted by molar-refractivity contribution is 5.91. The topological polar surface area (TPSA) is 162 Å². The lowest BCUT2D eigenvalue weighted by Crippen LogP contribution is -2.42. The van der Waals surface area contributed by atoms with Crippen molar-refractivity contribution in [3.63, 3.8) is 0 Å². The zero-order valence-electron chi connectivity index (χ0n) is 21.4. The molecular formula is C29H24N4O8. The van der Waals surface area contributed by atoms with Gasteiger partial charge in [0, 0.05) is 0 Å². The van der Waals surface area contributed by atoms with Gasteiger partial charge in [-0.2, -0.15) is 4.98 Å². The summed E-state index contributed by atoms with van der Waals surface area (Å²) in [4.78, 5) is 59.2. The minimum atomic E-state index is -1.37. The second kappa shape index (κ2) is 12.2. The number of ether oxygens (including phenoxy) is 4. The lowest BCUT2D eigenvalue weighted by atomic mass is 10.1. The van der Waals surface area contributed by atoms with Crippen LogP contribution in [0.25, 0.3) is 0 Å². The molecule has 0 saturated carbocycles. The number of nitrogen functional groups attached to an aromatic ring is 1. The van der Waals surface area contributed by atoms with Gasteiger partial charge in [-0.05, 0) is 36.4 Å². The van der Waals surface area contributed by atoms with Crippen LogP contribution in [0.4, 0.5) is 5.95 Å². The molecule has 12 heteroatoms. The second-order valence-electron chi connectivity index (χ2n) is 8.91. The lowest BCUT2D eigenvalue weighted by Gasteiger charge is -2.24. The fourth-order valence-electron chi connectivity index (χ4n) is 4.21. The fraction of sp³-hybridized carbons (Fsp3) is 0.172. The van der Waals surface area contributed by atoms with Crippen molar-refractivity contribution >= 4 is 23.9 Å². The number of aromatic nitrogens is 3. The van der Waals surface area contributed by atoms with Gasteiger partial charge in [0.2, 0.25) is 5.95 Å². The third-order valence-electron chi connectivity index (χ3n) is 6.20. The lowest BCUT2D eigenvalue weighted by molar-refractivity contribution is -0.0643. The molecule has 4 aromatic rings. The Balaban J connectivity index is 1.49.